The zero-order valence-corrected chi connectivity index (χ0v) is 17.0. The molecule has 5 nitrogen and oxygen atoms in total. The van der Waals surface area contributed by atoms with Gasteiger partial charge in [0.2, 0.25) is 0 Å². The van der Waals surface area contributed by atoms with Gasteiger partial charge in [-0.2, -0.15) is 0 Å². The fraction of sp³-hybridized carbons (Fsp3) is 0.500. The molecule has 2 aromatic heterocycles. The third-order valence-electron chi connectivity index (χ3n) is 3.47. The van der Waals surface area contributed by atoms with Crippen LogP contribution in [0.1, 0.15) is 37.6 Å². The summed E-state index contributed by atoms with van der Waals surface area (Å²) < 4.78 is 13.0. The molecule has 2 rings (SSSR count). The Morgan fingerprint density at radius 2 is 1.87 bits per heavy atom. The molecule has 0 saturated heterocycles. The van der Waals surface area contributed by atoms with Crippen molar-refractivity contribution >= 4 is 56.2 Å². The molecule has 0 unspecified atom stereocenters. The number of hydrogen-bond acceptors (Lipinski definition) is 5. The van der Waals surface area contributed by atoms with E-state index < -0.39 is 11.7 Å². The van der Waals surface area contributed by atoms with Crippen molar-refractivity contribution in [3.8, 4) is 0 Å². The van der Waals surface area contributed by atoms with Crippen molar-refractivity contribution in [3.63, 3.8) is 0 Å². The number of fused-ring (bicyclic) bond motifs is 1. The molecule has 0 spiro atoms. The van der Waals surface area contributed by atoms with Crippen LogP contribution < -0.4 is 0 Å². The van der Waals surface area contributed by atoms with Crippen LogP contribution >= 0.6 is 33.9 Å². The van der Waals surface area contributed by atoms with Gasteiger partial charge in [0.05, 0.1) is 16.4 Å². The Kier molecular flexibility index (Phi) is 5.10. The Hall–Kier alpha value is -1.09. The third-order valence-corrected chi connectivity index (χ3v) is 6.01. The first-order valence-electron chi connectivity index (χ1n) is 7.15. The number of hydrogen-bond donors (Lipinski definition) is 0. The summed E-state index contributed by atoms with van der Waals surface area (Å²) in [6.45, 7) is 9.33. The van der Waals surface area contributed by atoms with Crippen LogP contribution in [0.25, 0.3) is 10.2 Å². The van der Waals surface area contributed by atoms with Crippen LogP contribution in [0.3, 0.4) is 0 Å². The van der Waals surface area contributed by atoms with Crippen molar-refractivity contribution in [3.05, 3.63) is 19.7 Å². The van der Waals surface area contributed by atoms with Gasteiger partial charge in [-0.05, 0) is 68.3 Å². The molecule has 0 bridgehead atoms. The smallest absolute Gasteiger partial charge is 0.419 e. The van der Waals surface area contributed by atoms with Gasteiger partial charge in [0.25, 0.3) is 0 Å². The summed E-state index contributed by atoms with van der Waals surface area (Å²) in [5.41, 5.74) is 2.05. The number of carbonyl (C=O) groups excluding carboxylic acids is 2. The van der Waals surface area contributed by atoms with E-state index in [9.17, 15) is 9.59 Å². The third kappa shape index (κ3) is 3.55. The lowest BCUT2D eigenvalue weighted by atomic mass is 10.1. The van der Waals surface area contributed by atoms with Crippen molar-refractivity contribution in [1.82, 2.24) is 4.57 Å². The minimum absolute atomic E-state index is 0.141. The summed E-state index contributed by atoms with van der Waals surface area (Å²) in [4.78, 5) is 25.2. The summed E-state index contributed by atoms with van der Waals surface area (Å²) in [7, 11) is 1.37. The predicted octanol–water partition coefficient (Wildman–Crippen LogP) is 4.42. The Morgan fingerprint density at radius 1 is 1.26 bits per heavy atom. The lowest BCUT2D eigenvalue weighted by molar-refractivity contribution is -0.139. The largest absolute Gasteiger partial charge is 0.469 e. The van der Waals surface area contributed by atoms with Crippen LogP contribution in [0.5, 0.6) is 0 Å². The molecule has 0 saturated carbocycles. The molecule has 0 amide bonds. The molecular formula is C16H20INO4S. The summed E-state index contributed by atoms with van der Waals surface area (Å²) in [5.74, 6) is -0.322. The maximum atomic E-state index is 12.6. The fourth-order valence-electron chi connectivity index (χ4n) is 2.41. The first kappa shape index (κ1) is 18.3. The Bertz CT molecular complexity index is 782. The van der Waals surface area contributed by atoms with E-state index in [0.717, 1.165) is 29.9 Å². The first-order chi connectivity index (χ1) is 10.6. The number of methoxy groups -OCH3 is 1. The van der Waals surface area contributed by atoms with Crippen LogP contribution in [0.4, 0.5) is 4.79 Å². The number of aromatic nitrogens is 1. The van der Waals surface area contributed by atoms with E-state index in [-0.39, 0.29) is 12.4 Å². The van der Waals surface area contributed by atoms with E-state index in [4.69, 9.17) is 9.47 Å². The molecular weight excluding hydrogens is 429 g/mol. The monoisotopic (exact) mass is 449 g/mol. The van der Waals surface area contributed by atoms with E-state index in [0.29, 0.717) is 0 Å². The van der Waals surface area contributed by atoms with Crippen molar-refractivity contribution in [1.29, 1.82) is 0 Å². The Balaban J connectivity index is 2.66. The molecule has 2 heterocycles. The van der Waals surface area contributed by atoms with Crippen molar-refractivity contribution in [2.75, 3.05) is 7.11 Å². The van der Waals surface area contributed by atoms with Crippen LogP contribution in [0.2, 0.25) is 0 Å². The molecule has 0 N–H and O–H groups in total. The second kappa shape index (κ2) is 6.43. The number of halogens is 1. The number of aryl methyl sites for hydroxylation is 1. The number of esters is 1. The van der Waals surface area contributed by atoms with E-state index in [1.807, 2.05) is 34.6 Å². The van der Waals surface area contributed by atoms with Gasteiger partial charge in [0.15, 0.2) is 0 Å². The van der Waals surface area contributed by atoms with Gasteiger partial charge in [0.1, 0.15) is 10.4 Å². The molecule has 0 aliphatic rings. The second-order valence-corrected chi connectivity index (χ2v) is 9.12. The predicted molar refractivity (Wildman–Crippen MR) is 99.4 cm³/mol. The van der Waals surface area contributed by atoms with E-state index in [1.54, 1.807) is 4.57 Å². The highest BCUT2D eigenvalue weighted by Crippen LogP contribution is 2.38. The van der Waals surface area contributed by atoms with Gasteiger partial charge >= 0.3 is 12.1 Å². The number of rotatable bonds is 2. The quantitative estimate of drug-likeness (QED) is 0.503. The van der Waals surface area contributed by atoms with Crippen molar-refractivity contribution in [2.45, 2.75) is 46.6 Å². The number of thiophene rings is 1. The fourth-order valence-corrected chi connectivity index (χ4v) is 4.41. The highest BCUT2D eigenvalue weighted by atomic mass is 127. The Morgan fingerprint density at radius 3 is 2.39 bits per heavy atom. The lowest BCUT2D eigenvalue weighted by Gasteiger charge is -2.20. The second-order valence-electron chi connectivity index (χ2n) is 6.31. The van der Waals surface area contributed by atoms with E-state index in [2.05, 4.69) is 22.6 Å². The van der Waals surface area contributed by atoms with Gasteiger partial charge in [-0.1, -0.05) is 0 Å². The van der Waals surface area contributed by atoms with Crippen LogP contribution in [0.15, 0.2) is 0 Å². The highest BCUT2D eigenvalue weighted by Gasteiger charge is 2.27. The standard InChI is InChI=1S/C16H20INO4S/c1-8-12-10(7-11(19)21-6)9(2)18(14(12)23-13(8)17)15(20)22-16(3,4)5/h7H2,1-6H3. The average molecular weight is 449 g/mol. The molecule has 2 aromatic rings. The topological polar surface area (TPSA) is 57.5 Å². The van der Waals surface area contributed by atoms with Crippen molar-refractivity contribution < 1.29 is 19.1 Å². The minimum Gasteiger partial charge on any atom is -0.469 e. The average Bonchev–Trinajstić information content (AvgIpc) is 2.83. The molecule has 126 valence electrons. The molecule has 0 radical (unpaired) electrons. The number of ether oxygens (including phenoxy) is 2. The normalized spacial score (nSPS) is 11.8. The summed E-state index contributed by atoms with van der Waals surface area (Å²) in [5, 5.41) is 0.952. The molecule has 0 aromatic carbocycles. The van der Waals surface area contributed by atoms with Gasteiger partial charge < -0.3 is 9.47 Å². The maximum absolute atomic E-state index is 12.6. The SMILES string of the molecule is COC(=O)Cc1c(C)n(C(=O)OC(C)(C)C)c2sc(I)c(C)c12. The minimum atomic E-state index is -0.581. The van der Waals surface area contributed by atoms with E-state index >= 15 is 0 Å². The number of nitrogens with zero attached hydrogens (tertiary/aromatic N) is 1. The summed E-state index contributed by atoms with van der Waals surface area (Å²) >= 11 is 3.78. The van der Waals surface area contributed by atoms with Gasteiger partial charge in [-0.25, -0.2) is 9.36 Å². The highest BCUT2D eigenvalue weighted by molar-refractivity contribution is 14.1. The first-order valence-corrected chi connectivity index (χ1v) is 9.05. The van der Waals surface area contributed by atoms with Crippen LogP contribution in [-0.4, -0.2) is 29.3 Å². The summed E-state index contributed by atoms with van der Waals surface area (Å²) in [6, 6.07) is 0. The Labute approximate surface area is 153 Å². The van der Waals surface area contributed by atoms with Crippen molar-refractivity contribution in [2.24, 2.45) is 0 Å². The number of carbonyl (C=O) groups is 2. The van der Waals surface area contributed by atoms with Crippen LogP contribution in [0, 0.1) is 16.7 Å². The zero-order valence-electron chi connectivity index (χ0n) is 14.1. The molecule has 0 aliphatic carbocycles. The maximum Gasteiger partial charge on any atom is 0.419 e. The molecule has 0 atom stereocenters. The van der Waals surface area contributed by atoms with Gasteiger partial charge in [-0.3, -0.25) is 4.79 Å². The van der Waals surface area contributed by atoms with Gasteiger partial charge in [0, 0.05) is 11.1 Å². The molecule has 0 fully saturated rings. The van der Waals surface area contributed by atoms with Crippen LogP contribution in [-0.2, 0) is 20.7 Å². The summed E-state index contributed by atoms with van der Waals surface area (Å²) in [6.07, 6.45) is -0.281. The van der Waals surface area contributed by atoms with Gasteiger partial charge in [-0.15, -0.1) is 11.3 Å². The molecule has 23 heavy (non-hydrogen) atoms. The zero-order chi connectivity index (χ0) is 17.5. The molecule has 0 aliphatic heterocycles. The van der Waals surface area contributed by atoms with E-state index in [1.165, 1.54) is 18.4 Å². The lowest BCUT2D eigenvalue weighted by Crippen LogP contribution is -2.27. The molecule has 7 heteroatoms.